The van der Waals surface area contributed by atoms with Crippen LogP contribution in [0.3, 0.4) is 0 Å². The van der Waals surface area contributed by atoms with Crippen LogP contribution < -0.4 is 0 Å². The van der Waals surface area contributed by atoms with Crippen LogP contribution in [-0.4, -0.2) is 50.7 Å². The fourth-order valence-corrected chi connectivity index (χ4v) is 4.39. The molecule has 6 nitrogen and oxygen atoms in total. The molecule has 2 aromatic rings. The van der Waals surface area contributed by atoms with Gasteiger partial charge in [0.25, 0.3) is 0 Å². The summed E-state index contributed by atoms with van der Waals surface area (Å²) in [6, 6.07) is 4.14. The Morgan fingerprint density at radius 3 is 2.58 bits per heavy atom. The third-order valence-electron chi connectivity index (χ3n) is 5.86. The Labute approximate surface area is 156 Å². The molecule has 0 spiro atoms. The number of hydrogen-bond donors (Lipinski definition) is 0. The molecule has 1 unspecified atom stereocenters. The highest BCUT2D eigenvalue weighted by Crippen LogP contribution is 2.27. The summed E-state index contributed by atoms with van der Waals surface area (Å²) in [5.74, 6) is 4.78. The summed E-state index contributed by atoms with van der Waals surface area (Å²) in [4.78, 5) is 5.01. The Hall–Kier alpha value is -1.66. The third kappa shape index (κ3) is 4.01. The molecule has 4 heterocycles. The van der Waals surface area contributed by atoms with Gasteiger partial charge >= 0.3 is 0 Å². The van der Waals surface area contributed by atoms with Crippen molar-refractivity contribution in [2.45, 2.75) is 58.0 Å². The van der Waals surface area contributed by atoms with Gasteiger partial charge in [-0.15, -0.1) is 10.2 Å². The Balaban J connectivity index is 1.40. The average Bonchev–Trinajstić information content (AvgIpc) is 3.22. The minimum Gasteiger partial charge on any atom is -0.465 e. The zero-order valence-corrected chi connectivity index (χ0v) is 16.2. The van der Waals surface area contributed by atoms with E-state index in [1.165, 1.54) is 45.2 Å². The molecule has 0 aliphatic carbocycles. The Kier molecular flexibility index (Phi) is 5.41. The smallest absolute Gasteiger partial charge is 0.146 e. The molecule has 0 aromatic carbocycles. The Morgan fingerprint density at radius 2 is 1.81 bits per heavy atom. The predicted molar refractivity (Wildman–Crippen MR) is 101 cm³/mol. The van der Waals surface area contributed by atoms with E-state index in [4.69, 9.17) is 4.42 Å². The lowest BCUT2D eigenvalue weighted by Crippen LogP contribution is -2.35. The molecule has 2 aromatic heterocycles. The zero-order valence-electron chi connectivity index (χ0n) is 16.2. The predicted octanol–water partition coefficient (Wildman–Crippen LogP) is 3.08. The molecule has 0 radical (unpaired) electrons. The van der Waals surface area contributed by atoms with Crippen LogP contribution in [0.2, 0.25) is 0 Å². The highest BCUT2D eigenvalue weighted by molar-refractivity contribution is 5.07. The number of aromatic nitrogens is 3. The number of likely N-dealkylation sites (tertiary alicyclic amines) is 2. The lowest BCUT2D eigenvalue weighted by atomic mass is 9.97. The fraction of sp³-hybridized carbons (Fsp3) is 0.700. The van der Waals surface area contributed by atoms with Gasteiger partial charge in [-0.1, -0.05) is 6.42 Å². The van der Waals surface area contributed by atoms with E-state index >= 15 is 0 Å². The van der Waals surface area contributed by atoms with Crippen molar-refractivity contribution in [2.24, 2.45) is 7.05 Å². The van der Waals surface area contributed by atoms with Gasteiger partial charge in [0.2, 0.25) is 0 Å². The summed E-state index contributed by atoms with van der Waals surface area (Å²) < 4.78 is 8.01. The minimum absolute atomic E-state index is 0.465. The lowest BCUT2D eigenvalue weighted by Gasteiger charge is -2.31. The number of aryl methyl sites for hydroxylation is 1. The van der Waals surface area contributed by atoms with E-state index in [0.717, 1.165) is 49.3 Å². The molecule has 26 heavy (non-hydrogen) atoms. The SMILES string of the molecule is Cc1ccc(CN2CCCC(c3nnc(CN4CCCCC4)n3C)C2)o1. The van der Waals surface area contributed by atoms with Crippen LogP contribution in [0.4, 0.5) is 0 Å². The molecule has 2 saturated heterocycles. The molecule has 142 valence electrons. The lowest BCUT2D eigenvalue weighted by molar-refractivity contribution is 0.181. The van der Waals surface area contributed by atoms with Crippen LogP contribution in [-0.2, 0) is 20.1 Å². The zero-order chi connectivity index (χ0) is 17.9. The number of piperidine rings is 2. The molecule has 0 bridgehead atoms. The summed E-state index contributed by atoms with van der Waals surface area (Å²) >= 11 is 0. The molecular formula is C20H31N5O. The normalized spacial score (nSPS) is 22.8. The van der Waals surface area contributed by atoms with Gasteiger partial charge in [-0.3, -0.25) is 9.80 Å². The molecule has 0 amide bonds. The highest BCUT2D eigenvalue weighted by Gasteiger charge is 2.27. The molecule has 2 aliphatic heterocycles. The van der Waals surface area contributed by atoms with Gasteiger partial charge < -0.3 is 8.98 Å². The Bertz CT molecular complexity index is 716. The van der Waals surface area contributed by atoms with E-state index in [0.29, 0.717) is 5.92 Å². The topological polar surface area (TPSA) is 50.3 Å². The quantitative estimate of drug-likeness (QED) is 0.823. The van der Waals surface area contributed by atoms with Crippen LogP contribution in [0.5, 0.6) is 0 Å². The molecule has 4 rings (SSSR count). The largest absolute Gasteiger partial charge is 0.465 e. The van der Waals surface area contributed by atoms with Crippen molar-refractivity contribution in [1.82, 2.24) is 24.6 Å². The molecule has 6 heteroatoms. The first-order valence-corrected chi connectivity index (χ1v) is 10.1. The van der Waals surface area contributed by atoms with Crippen LogP contribution in [0.1, 0.15) is 61.2 Å². The summed E-state index contributed by atoms with van der Waals surface area (Å²) in [6.45, 7) is 8.40. The number of furan rings is 1. The van der Waals surface area contributed by atoms with Crippen molar-refractivity contribution >= 4 is 0 Å². The van der Waals surface area contributed by atoms with Gasteiger partial charge in [0.1, 0.15) is 23.2 Å². The molecular weight excluding hydrogens is 326 g/mol. The standard InChI is InChI=1S/C20H31N5O/c1-16-8-9-18(26-16)14-25-12-6-7-17(13-25)20-22-21-19(23(20)2)15-24-10-4-3-5-11-24/h8-9,17H,3-7,10-15H2,1-2H3. The van der Waals surface area contributed by atoms with E-state index < -0.39 is 0 Å². The van der Waals surface area contributed by atoms with Gasteiger partial charge in [-0.25, -0.2) is 0 Å². The molecule has 2 aliphatic rings. The van der Waals surface area contributed by atoms with E-state index in [9.17, 15) is 0 Å². The van der Waals surface area contributed by atoms with Crippen molar-refractivity contribution in [3.63, 3.8) is 0 Å². The van der Waals surface area contributed by atoms with E-state index in [2.05, 4.69) is 37.7 Å². The monoisotopic (exact) mass is 357 g/mol. The fourth-order valence-electron chi connectivity index (χ4n) is 4.39. The Morgan fingerprint density at radius 1 is 1.00 bits per heavy atom. The van der Waals surface area contributed by atoms with Crippen LogP contribution in [0, 0.1) is 6.92 Å². The van der Waals surface area contributed by atoms with Gasteiger partial charge in [-0.05, 0) is 64.4 Å². The van der Waals surface area contributed by atoms with Crippen molar-refractivity contribution in [2.75, 3.05) is 26.2 Å². The van der Waals surface area contributed by atoms with E-state index in [-0.39, 0.29) is 0 Å². The number of hydrogen-bond acceptors (Lipinski definition) is 5. The van der Waals surface area contributed by atoms with Crippen molar-refractivity contribution < 1.29 is 4.42 Å². The number of nitrogens with zero attached hydrogens (tertiary/aromatic N) is 5. The molecule has 1 atom stereocenters. The molecule has 0 saturated carbocycles. The average molecular weight is 358 g/mol. The summed E-state index contributed by atoms with van der Waals surface area (Å²) in [6.07, 6.45) is 6.40. The summed E-state index contributed by atoms with van der Waals surface area (Å²) in [5.41, 5.74) is 0. The van der Waals surface area contributed by atoms with Crippen LogP contribution in [0.25, 0.3) is 0 Å². The van der Waals surface area contributed by atoms with Crippen LogP contribution >= 0.6 is 0 Å². The maximum atomic E-state index is 5.76. The summed E-state index contributed by atoms with van der Waals surface area (Å²) in [5, 5.41) is 9.12. The maximum Gasteiger partial charge on any atom is 0.146 e. The molecule has 2 fully saturated rings. The second-order valence-corrected chi connectivity index (χ2v) is 7.96. The van der Waals surface area contributed by atoms with E-state index in [1.54, 1.807) is 0 Å². The van der Waals surface area contributed by atoms with Crippen molar-refractivity contribution in [1.29, 1.82) is 0 Å². The van der Waals surface area contributed by atoms with Gasteiger partial charge in [0.05, 0.1) is 13.1 Å². The third-order valence-corrected chi connectivity index (χ3v) is 5.86. The van der Waals surface area contributed by atoms with Gasteiger partial charge in [0.15, 0.2) is 0 Å². The second kappa shape index (κ2) is 7.92. The minimum atomic E-state index is 0.465. The van der Waals surface area contributed by atoms with Crippen LogP contribution in [0.15, 0.2) is 16.5 Å². The first kappa shape index (κ1) is 17.7. The van der Waals surface area contributed by atoms with Gasteiger partial charge in [-0.2, -0.15) is 0 Å². The number of rotatable bonds is 5. The highest BCUT2D eigenvalue weighted by atomic mass is 16.3. The first-order valence-electron chi connectivity index (χ1n) is 10.1. The summed E-state index contributed by atoms with van der Waals surface area (Å²) in [7, 11) is 2.14. The first-order chi connectivity index (χ1) is 12.7. The molecule has 0 N–H and O–H groups in total. The second-order valence-electron chi connectivity index (χ2n) is 7.96. The maximum absolute atomic E-state index is 5.76. The van der Waals surface area contributed by atoms with Crippen molar-refractivity contribution in [3.8, 4) is 0 Å². The van der Waals surface area contributed by atoms with E-state index in [1.807, 2.05) is 13.0 Å². The van der Waals surface area contributed by atoms with Gasteiger partial charge in [0, 0.05) is 19.5 Å². The van der Waals surface area contributed by atoms with Crippen molar-refractivity contribution in [3.05, 3.63) is 35.3 Å².